The van der Waals surface area contributed by atoms with Crippen LogP contribution in [0.3, 0.4) is 0 Å². The van der Waals surface area contributed by atoms with E-state index in [1.807, 2.05) is 55.6 Å². The van der Waals surface area contributed by atoms with Crippen molar-refractivity contribution in [1.29, 1.82) is 0 Å². The lowest BCUT2D eigenvalue weighted by Gasteiger charge is -2.15. The second-order valence-electron chi connectivity index (χ2n) is 6.03. The van der Waals surface area contributed by atoms with Crippen LogP contribution in [0, 0.1) is 5.92 Å². The minimum Gasteiger partial charge on any atom is -0.294 e. The molecule has 23 heavy (non-hydrogen) atoms. The molecular formula is C18H20N2OS2. The Labute approximate surface area is 145 Å². The Morgan fingerprint density at radius 2 is 1.57 bits per heavy atom. The molecule has 0 saturated carbocycles. The normalized spacial score (nSPS) is 18.7. The van der Waals surface area contributed by atoms with Gasteiger partial charge in [-0.2, -0.15) is 0 Å². The van der Waals surface area contributed by atoms with Crippen LogP contribution in [0.25, 0.3) is 11.0 Å². The van der Waals surface area contributed by atoms with Crippen LogP contribution in [0.4, 0.5) is 0 Å². The van der Waals surface area contributed by atoms with Crippen LogP contribution < -0.4 is 0 Å². The lowest BCUT2D eigenvalue weighted by Crippen LogP contribution is -2.08. The number of rotatable bonds is 2. The number of fused-ring (bicyclic) bond motifs is 2. The topological polar surface area (TPSA) is 42.9 Å². The number of ketones is 1. The average Bonchev–Trinajstić information content (AvgIpc) is 2.54. The van der Waals surface area contributed by atoms with Gasteiger partial charge in [-0.25, -0.2) is 9.97 Å². The molecule has 2 heterocycles. The number of hydrogen-bond acceptors (Lipinski definition) is 5. The maximum atomic E-state index is 12.2. The highest BCUT2D eigenvalue weighted by Gasteiger charge is 2.16. The first kappa shape index (κ1) is 16.5. The van der Waals surface area contributed by atoms with Crippen LogP contribution in [0.2, 0.25) is 0 Å². The molecule has 1 aliphatic rings. The summed E-state index contributed by atoms with van der Waals surface area (Å²) in [5.74, 6) is 1.84. The molecule has 1 aromatic carbocycles. The van der Waals surface area contributed by atoms with Gasteiger partial charge >= 0.3 is 0 Å². The first-order valence-corrected chi connectivity index (χ1v) is 9.69. The predicted octanol–water partition coefficient (Wildman–Crippen LogP) is 5.20. The van der Waals surface area contributed by atoms with E-state index < -0.39 is 0 Å². The molecule has 0 unspecified atom stereocenters. The van der Waals surface area contributed by atoms with Crippen molar-refractivity contribution in [3.05, 3.63) is 45.0 Å². The monoisotopic (exact) mass is 344 g/mol. The fourth-order valence-electron chi connectivity index (χ4n) is 2.40. The standard InChI is InChI=1S/C18H20N2OS2/c1-10(2)18(21)13-5-6-14-15(7-13)20-17-9-23-12(4)11(3)22-8-16(17)19-14/h5-7,10H,8-9H2,1-4H3/b12-11+. The number of aromatic nitrogens is 2. The fourth-order valence-corrected chi connectivity index (χ4v) is 4.33. The lowest BCUT2D eigenvalue weighted by atomic mass is 10.0. The van der Waals surface area contributed by atoms with Crippen LogP contribution in [0.5, 0.6) is 0 Å². The Balaban J connectivity index is 2.03. The van der Waals surface area contributed by atoms with Crippen molar-refractivity contribution in [2.75, 3.05) is 0 Å². The zero-order chi connectivity index (χ0) is 16.6. The van der Waals surface area contributed by atoms with Crippen LogP contribution in [-0.4, -0.2) is 15.8 Å². The van der Waals surface area contributed by atoms with Gasteiger partial charge in [0.05, 0.1) is 22.4 Å². The van der Waals surface area contributed by atoms with Gasteiger partial charge in [0, 0.05) is 23.0 Å². The van der Waals surface area contributed by atoms with E-state index in [0.717, 1.165) is 39.5 Å². The quantitative estimate of drug-likeness (QED) is 0.701. The van der Waals surface area contributed by atoms with Gasteiger partial charge in [-0.1, -0.05) is 13.8 Å². The van der Waals surface area contributed by atoms with E-state index >= 15 is 0 Å². The highest BCUT2D eigenvalue weighted by atomic mass is 32.2. The Morgan fingerprint density at radius 1 is 1.00 bits per heavy atom. The van der Waals surface area contributed by atoms with E-state index in [-0.39, 0.29) is 11.7 Å². The van der Waals surface area contributed by atoms with Gasteiger partial charge < -0.3 is 0 Å². The molecule has 1 aromatic heterocycles. The summed E-state index contributed by atoms with van der Waals surface area (Å²) in [6, 6.07) is 5.67. The van der Waals surface area contributed by atoms with Crippen molar-refractivity contribution in [1.82, 2.24) is 9.97 Å². The summed E-state index contributed by atoms with van der Waals surface area (Å²) in [4.78, 5) is 24.5. The maximum Gasteiger partial charge on any atom is 0.165 e. The first-order chi connectivity index (χ1) is 11.0. The van der Waals surface area contributed by atoms with Crippen molar-refractivity contribution in [3.63, 3.8) is 0 Å². The largest absolute Gasteiger partial charge is 0.294 e. The van der Waals surface area contributed by atoms with Crippen LogP contribution in [0.1, 0.15) is 49.4 Å². The predicted molar refractivity (Wildman–Crippen MR) is 99.7 cm³/mol. The van der Waals surface area contributed by atoms with E-state index in [2.05, 4.69) is 13.8 Å². The molecular weight excluding hydrogens is 324 g/mol. The molecule has 120 valence electrons. The molecule has 5 heteroatoms. The average molecular weight is 345 g/mol. The van der Waals surface area contributed by atoms with Crippen LogP contribution in [0.15, 0.2) is 28.0 Å². The number of carbonyl (C=O) groups excluding carboxylic acids is 1. The number of benzene rings is 1. The highest BCUT2D eigenvalue weighted by molar-refractivity contribution is 8.06. The van der Waals surface area contributed by atoms with Gasteiger partial charge in [0.25, 0.3) is 0 Å². The summed E-state index contributed by atoms with van der Waals surface area (Å²) in [6.45, 7) is 8.16. The van der Waals surface area contributed by atoms with Gasteiger partial charge in [0.1, 0.15) is 0 Å². The highest BCUT2D eigenvalue weighted by Crippen LogP contribution is 2.35. The second kappa shape index (κ2) is 6.65. The van der Waals surface area contributed by atoms with E-state index in [4.69, 9.17) is 9.97 Å². The maximum absolute atomic E-state index is 12.2. The molecule has 3 rings (SSSR count). The van der Waals surface area contributed by atoms with E-state index in [0.29, 0.717) is 0 Å². The smallest absolute Gasteiger partial charge is 0.165 e. The lowest BCUT2D eigenvalue weighted by molar-refractivity contribution is 0.0939. The number of nitrogens with zero attached hydrogens (tertiary/aromatic N) is 2. The molecule has 0 atom stereocenters. The van der Waals surface area contributed by atoms with Crippen molar-refractivity contribution in [2.45, 2.75) is 39.2 Å². The molecule has 0 radical (unpaired) electrons. The number of thioether (sulfide) groups is 2. The fraction of sp³-hybridized carbons (Fsp3) is 0.389. The zero-order valence-electron chi connectivity index (χ0n) is 13.8. The van der Waals surface area contributed by atoms with Crippen molar-refractivity contribution in [3.8, 4) is 0 Å². The van der Waals surface area contributed by atoms with Gasteiger partial charge in [-0.05, 0) is 41.9 Å². The Hall–Kier alpha value is -1.33. The second-order valence-corrected chi connectivity index (χ2v) is 8.41. The van der Waals surface area contributed by atoms with Gasteiger partial charge in [-0.3, -0.25) is 4.79 Å². The third-order valence-electron chi connectivity index (χ3n) is 3.97. The van der Waals surface area contributed by atoms with E-state index in [1.165, 1.54) is 9.81 Å². The minimum atomic E-state index is -0.00698. The summed E-state index contributed by atoms with van der Waals surface area (Å²) in [7, 11) is 0. The molecule has 0 spiro atoms. The Bertz CT molecular complexity index is 812. The van der Waals surface area contributed by atoms with E-state index in [1.54, 1.807) is 0 Å². The van der Waals surface area contributed by atoms with Gasteiger partial charge in [0.2, 0.25) is 0 Å². The molecule has 0 N–H and O–H groups in total. The van der Waals surface area contributed by atoms with Gasteiger partial charge in [0.15, 0.2) is 5.78 Å². The summed E-state index contributed by atoms with van der Waals surface area (Å²) in [6.07, 6.45) is 0. The molecule has 2 aromatic rings. The minimum absolute atomic E-state index is 0.00698. The molecule has 0 aliphatic carbocycles. The van der Waals surface area contributed by atoms with Crippen molar-refractivity contribution in [2.24, 2.45) is 5.92 Å². The first-order valence-electron chi connectivity index (χ1n) is 7.72. The molecule has 1 aliphatic heterocycles. The zero-order valence-corrected chi connectivity index (χ0v) is 15.5. The van der Waals surface area contributed by atoms with Gasteiger partial charge in [-0.15, -0.1) is 23.5 Å². The van der Waals surface area contributed by atoms with Crippen molar-refractivity contribution < 1.29 is 4.79 Å². The summed E-state index contributed by atoms with van der Waals surface area (Å²) < 4.78 is 0. The van der Waals surface area contributed by atoms with Crippen molar-refractivity contribution >= 4 is 40.3 Å². The Kier molecular flexibility index (Phi) is 4.78. The molecule has 3 nitrogen and oxygen atoms in total. The summed E-state index contributed by atoms with van der Waals surface area (Å²) in [5, 5.41) is 0. The Morgan fingerprint density at radius 3 is 2.13 bits per heavy atom. The van der Waals surface area contributed by atoms with E-state index in [9.17, 15) is 4.79 Å². The molecule has 0 fully saturated rings. The SMILES string of the molecule is C/C1=C(/C)SCc2nc3cc(C(=O)C(C)C)ccc3nc2CS1. The summed E-state index contributed by atoms with van der Waals surface area (Å²) >= 11 is 3.64. The molecule has 0 bridgehead atoms. The number of hydrogen-bond donors (Lipinski definition) is 0. The number of carbonyl (C=O) groups is 1. The number of allylic oxidation sites excluding steroid dienone is 2. The molecule has 0 amide bonds. The number of Topliss-reactive ketones (excluding diaryl/α,β-unsaturated/α-hetero) is 1. The van der Waals surface area contributed by atoms with Crippen LogP contribution in [-0.2, 0) is 11.5 Å². The van der Waals surface area contributed by atoms with Crippen LogP contribution >= 0.6 is 23.5 Å². The third kappa shape index (κ3) is 3.45. The summed E-state index contributed by atoms with van der Waals surface area (Å²) in [5.41, 5.74) is 4.51. The third-order valence-corrected chi connectivity index (χ3v) is 6.42. The molecule has 0 saturated heterocycles.